The molecule has 0 N–H and O–H groups in total. The zero-order valence-corrected chi connectivity index (χ0v) is 12.1. The molecule has 2 nitrogen and oxygen atoms in total. The maximum Gasteiger partial charge on any atom is 0.266 e. The van der Waals surface area contributed by atoms with Crippen LogP contribution in [0.25, 0.3) is 11.1 Å². The zero-order chi connectivity index (χ0) is 13.4. The third-order valence-electron chi connectivity index (χ3n) is 3.82. The highest BCUT2D eigenvalue weighted by molar-refractivity contribution is 7.49. The first-order valence-electron chi connectivity index (χ1n) is 6.67. The van der Waals surface area contributed by atoms with Crippen LogP contribution in [0.2, 0.25) is 0 Å². The second-order valence-corrected chi connectivity index (χ2v) is 6.29. The summed E-state index contributed by atoms with van der Waals surface area (Å²) < 4.78 is 18.0. The van der Waals surface area contributed by atoms with Crippen LogP contribution >= 0.6 is 8.03 Å². The van der Waals surface area contributed by atoms with Gasteiger partial charge in [-0.05, 0) is 29.5 Å². The number of fused-ring (bicyclic) bond motifs is 3. The summed E-state index contributed by atoms with van der Waals surface area (Å²) in [5, 5.41) is 0.835. The number of rotatable bonds is 2. The van der Waals surface area contributed by atoms with Gasteiger partial charge in [-0.1, -0.05) is 50.2 Å². The third kappa shape index (κ3) is 2.01. The van der Waals surface area contributed by atoms with Crippen molar-refractivity contribution in [1.29, 1.82) is 0 Å². The van der Waals surface area contributed by atoms with Gasteiger partial charge in [0.25, 0.3) is 8.03 Å². The Morgan fingerprint density at radius 1 is 1.11 bits per heavy atom. The van der Waals surface area contributed by atoms with Crippen molar-refractivity contribution in [1.82, 2.24) is 0 Å². The molecule has 1 aliphatic rings. The Morgan fingerprint density at radius 2 is 1.84 bits per heavy atom. The lowest BCUT2D eigenvalue weighted by Crippen LogP contribution is -2.11. The maximum atomic E-state index is 12.3. The quantitative estimate of drug-likeness (QED) is 0.759. The van der Waals surface area contributed by atoms with Crippen LogP contribution in [0.15, 0.2) is 42.5 Å². The van der Waals surface area contributed by atoms with Gasteiger partial charge in [-0.15, -0.1) is 0 Å². The van der Waals surface area contributed by atoms with Gasteiger partial charge in [-0.2, -0.15) is 0 Å². The minimum atomic E-state index is -2.17. The van der Waals surface area contributed by atoms with Crippen molar-refractivity contribution in [3.05, 3.63) is 48.0 Å². The first kappa shape index (κ1) is 12.5. The molecule has 2 aromatic rings. The standard InChI is InChI=1S/C16H17O2P/c1-3-11(2)12-8-6-9-14-13-7-4-5-10-15(13)19(17)18-16(12)14/h4-11,19H,3H2,1-2H3. The lowest BCUT2D eigenvalue weighted by molar-refractivity contribution is 0.506. The van der Waals surface area contributed by atoms with Gasteiger partial charge < -0.3 is 4.52 Å². The summed E-state index contributed by atoms with van der Waals surface area (Å²) in [5.74, 6) is 1.23. The first-order valence-corrected chi connectivity index (χ1v) is 7.98. The lowest BCUT2D eigenvalue weighted by Gasteiger charge is -2.24. The molecule has 1 aliphatic heterocycles. The van der Waals surface area contributed by atoms with Crippen molar-refractivity contribution in [2.24, 2.45) is 0 Å². The Hall–Kier alpha value is -1.53. The lowest BCUT2D eigenvalue weighted by atomic mass is 9.93. The van der Waals surface area contributed by atoms with E-state index in [1.807, 2.05) is 30.3 Å². The fourth-order valence-electron chi connectivity index (χ4n) is 2.53. The molecule has 2 aromatic carbocycles. The second-order valence-electron chi connectivity index (χ2n) is 4.97. The number of hydrogen-bond donors (Lipinski definition) is 0. The van der Waals surface area contributed by atoms with Crippen molar-refractivity contribution in [2.75, 3.05) is 0 Å². The fraction of sp³-hybridized carbons (Fsp3) is 0.250. The minimum absolute atomic E-state index is 0.412. The average Bonchev–Trinajstić information content (AvgIpc) is 2.46. The van der Waals surface area contributed by atoms with Crippen LogP contribution in [0, 0.1) is 0 Å². The van der Waals surface area contributed by atoms with Gasteiger partial charge in [-0.3, -0.25) is 4.57 Å². The highest BCUT2D eigenvalue weighted by atomic mass is 31.1. The van der Waals surface area contributed by atoms with E-state index in [0.29, 0.717) is 5.92 Å². The van der Waals surface area contributed by atoms with Crippen molar-refractivity contribution in [2.45, 2.75) is 26.2 Å². The Labute approximate surface area is 114 Å². The average molecular weight is 272 g/mol. The highest BCUT2D eigenvalue weighted by Gasteiger charge is 2.25. The van der Waals surface area contributed by atoms with Crippen LogP contribution in [0.4, 0.5) is 0 Å². The molecule has 0 aromatic heterocycles. The predicted octanol–water partition coefficient (Wildman–Crippen LogP) is 4.36. The van der Waals surface area contributed by atoms with Crippen LogP contribution in [-0.2, 0) is 4.57 Å². The molecule has 0 radical (unpaired) electrons. The molecule has 2 unspecified atom stereocenters. The van der Waals surface area contributed by atoms with E-state index in [0.717, 1.165) is 34.2 Å². The van der Waals surface area contributed by atoms with Gasteiger partial charge in [0.2, 0.25) is 0 Å². The molecular weight excluding hydrogens is 255 g/mol. The Morgan fingerprint density at radius 3 is 2.63 bits per heavy atom. The topological polar surface area (TPSA) is 26.3 Å². The van der Waals surface area contributed by atoms with Crippen LogP contribution < -0.4 is 9.83 Å². The molecule has 0 fully saturated rings. The largest absolute Gasteiger partial charge is 0.441 e. The molecule has 0 aliphatic carbocycles. The van der Waals surface area contributed by atoms with E-state index in [9.17, 15) is 4.57 Å². The molecule has 0 saturated heterocycles. The Balaban J connectivity index is 2.25. The molecule has 1 heterocycles. The molecule has 3 heteroatoms. The summed E-state index contributed by atoms with van der Waals surface area (Å²) in [7, 11) is -2.17. The van der Waals surface area contributed by atoms with E-state index in [1.54, 1.807) is 0 Å². The highest BCUT2D eigenvalue weighted by Crippen LogP contribution is 2.46. The molecule has 3 rings (SSSR count). The Bertz CT molecular complexity index is 649. The fourth-order valence-corrected chi connectivity index (χ4v) is 3.73. The molecule has 0 spiro atoms. The van der Waals surface area contributed by atoms with Gasteiger partial charge in [0.1, 0.15) is 5.75 Å². The summed E-state index contributed by atoms with van der Waals surface area (Å²) in [6, 6.07) is 14.0. The number of para-hydroxylation sites is 1. The first-order chi connectivity index (χ1) is 9.22. The minimum Gasteiger partial charge on any atom is -0.441 e. The molecule has 0 bridgehead atoms. The van der Waals surface area contributed by atoms with E-state index < -0.39 is 8.03 Å². The van der Waals surface area contributed by atoms with Crippen molar-refractivity contribution in [3.63, 3.8) is 0 Å². The van der Waals surface area contributed by atoms with Crippen molar-refractivity contribution < 1.29 is 9.09 Å². The molecular formula is C16H17O2P. The van der Waals surface area contributed by atoms with Crippen molar-refractivity contribution in [3.8, 4) is 16.9 Å². The predicted molar refractivity (Wildman–Crippen MR) is 79.8 cm³/mol. The van der Waals surface area contributed by atoms with Gasteiger partial charge >= 0.3 is 0 Å². The van der Waals surface area contributed by atoms with Crippen LogP contribution in [0.5, 0.6) is 5.75 Å². The third-order valence-corrected chi connectivity index (χ3v) is 5.09. The normalized spacial score (nSPS) is 18.1. The SMILES string of the molecule is CCC(C)c1cccc2c1O[PH](=O)c1ccccc1-2. The molecule has 0 saturated carbocycles. The Kier molecular flexibility index (Phi) is 3.20. The summed E-state index contributed by atoms with van der Waals surface area (Å²) in [6.45, 7) is 4.33. The number of hydrogen-bond acceptors (Lipinski definition) is 2. The van der Waals surface area contributed by atoms with E-state index in [4.69, 9.17) is 4.52 Å². The molecule has 2 atom stereocenters. The van der Waals surface area contributed by atoms with Gasteiger partial charge in [-0.25, -0.2) is 0 Å². The summed E-state index contributed by atoms with van der Waals surface area (Å²) in [5.41, 5.74) is 3.28. The molecule has 98 valence electrons. The van der Waals surface area contributed by atoms with E-state index in [-0.39, 0.29) is 0 Å². The van der Waals surface area contributed by atoms with Crippen LogP contribution in [0.1, 0.15) is 31.7 Å². The smallest absolute Gasteiger partial charge is 0.266 e. The summed E-state index contributed by atoms with van der Waals surface area (Å²) in [4.78, 5) is 0. The van der Waals surface area contributed by atoms with Gasteiger partial charge in [0, 0.05) is 5.56 Å². The molecule has 0 amide bonds. The maximum absolute atomic E-state index is 12.3. The van der Waals surface area contributed by atoms with E-state index >= 15 is 0 Å². The van der Waals surface area contributed by atoms with E-state index in [1.165, 1.54) is 0 Å². The number of benzene rings is 2. The second kappa shape index (κ2) is 4.86. The zero-order valence-electron chi connectivity index (χ0n) is 11.1. The summed E-state index contributed by atoms with van der Waals surface area (Å²) in [6.07, 6.45) is 1.04. The van der Waals surface area contributed by atoms with Gasteiger partial charge in [0.05, 0.1) is 5.30 Å². The van der Waals surface area contributed by atoms with Crippen LogP contribution in [-0.4, -0.2) is 0 Å². The van der Waals surface area contributed by atoms with Crippen molar-refractivity contribution >= 4 is 13.3 Å². The van der Waals surface area contributed by atoms with Crippen LogP contribution in [0.3, 0.4) is 0 Å². The summed E-state index contributed by atoms with van der Waals surface area (Å²) >= 11 is 0. The van der Waals surface area contributed by atoms with Gasteiger partial charge in [0.15, 0.2) is 0 Å². The monoisotopic (exact) mass is 272 g/mol. The molecule has 19 heavy (non-hydrogen) atoms. The van der Waals surface area contributed by atoms with E-state index in [2.05, 4.69) is 26.0 Å².